The van der Waals surface area contributed by atoms with Gasteiger partial charge in [0.05, 0.1) is 5.92 Å². The molecule has 1 aliphatic rings. The van der Waals surface area contributed by atoms with Gasteiger partial charge in [-0.3, -0.25) is 15.4 Å². The fourth-order valence-electron chi connectivity index (χ4n) is 3.83. The highest BCUT2D eigenvalue weighted by Gasteiger charge is 2.39. The van der Waals surface area contributed by atoms with Crippen molar-refractivity contribution in [2.75, 3.05) is 11.4 Å². The summed E-state index contributed by atoms with van der Waals surface area (Å²) < 4.78 is 26.7. The molecule has 0 spiro atoms. The zero-order valence-corrected chi connectivity index (χ0v) is 16.1. The number of rotatable bonds is 7. The SMILES string of the molecule is O=C(O)c1cc2cc(N3CC[C@H]([C@H](NCc4cc(F)cc(F)c4)OO)C3=O)ccc2[nH]1. The first-order chi connectivity index (χ1) is 14.9. The Balaban J connectivity index is 1.48. The fourth-order valence-corrected chi connectivity index (χ4v) is 3.83. The van der Waals surface area contributed by atoms with Crippen molar-refractivity contribution < 1.29 is 33.6 Å². The van der Waals surface area contributed by atoms with Crippen LogP contribution in [-0.2, 0) is 16.2 Å². The summed E-state index contributed by atoms with van der Waals surface area (Å²) in [6.45, 7) is 0.346. The van der Waals surface area contributed by atoms with Crippen LogP contribution in [0.4, 0.5) is 14.5 Å². The van der Waals surface area contributed by atoms with Gasteiger partial charge in [0.1, 0.15) is 17.3 Å². The summed E-state index contributed by atoms with van der Waals surface area (Å²) >= 11 is 0. The lowest BCUT2D eigenvalue weighted by atomic mass is 10.1. The lowest BCUT2D eigenvalue weighted by Crippen LogP contribution is -2.42. The van der Waals surface area contributed by atoms with Crippen LogP contribution in [0.25, 0.3) is 10.9 Å². The molecule has 1 fully saturated rings. The highest BCUT2D eigenvalue weighted by molar-refractivity contribution is 6.00. The number of H-pyrrole nitrogens is 1. The number of anilines is 1. The van der Waals surface area contributed by atoms with E-state index in [2.05, 4.69) is 15.2 Å². The van der Waals surface area contributed by atoms with Gasteiger partial charge in [-0.15, -0.1) is 0 Å². The molecule has 4 N–H and O–H groups in total. The van der Waals surface area contributed by atoms with Crippen molar-refractivity contribution in [2.45, 2.75) is 19.2 Å². The van der Waals surface area contributed by atoms with Crippen LogP contribution in [0.2, 0.25) is 0 Å². The minimum atomic E-state index is -1.08. The maximum Gasteiger partial charge on any atom is 0.352 e. The zero-order chi connectivity index (χ0) is 22.1. The van der Waals surface area contributed by atoms with Crippen LogP contribution in [0.15, 0.2) is 42.5 Å². The Kier molecular flexibility index (Phi) is 5.68. The Bertz CT molecular complexity index is 1130. The van der Waals surface area contributed by atoms with Gasteiger partial charge in [0, 0.05) is 35.7 Å². The summed E-state index contributed by atoms with van der Waals surface area (Å²) in [6, 6.07) is 9.62. The number of carboxylic acid groups (broad SMARTS) is 1. The third kappa shape index (κ3) is 4.26. The van der Waals surface area contributed by atoms with Gasteiger partial charge >= 0.3 is 5.97 Å². The minimum Gasteiger partial charge on any atom is -0.477 e. The van der Waals surface area contributed by atoms with Crippen molar-refractivity contribution in [3.8, 4) is 0 Å². The number of halogens is 2. The summed E-state index contributed by atoms with van der Waals surface area (Å²) in [5.74, 6) is -3.56. The molecule has 10 heteroatoms. The molecule has 8 nitrogen and oxygen atoms in total. The van der Waals surface area contributed by atoms with Gasteiger partial charge in [0.15, 0.2) is 6.23 Å². The Labute approximate surface area is 175 Å². The molecular weight excluding hydrogens is 412 g/mol. The van der Waals surface area contributed by atoms with Gasteiger partial charge in [0.2, 0.25) is 5.91 Å². The lowest BCUT2D eigenvalue weighted by Gasteiger charge is -2.22. The van der Waals surface area contributed by atoms with Crippen LogP contribution >= 0.6 is 0 Å². The number of carboxylic acids is 1. The second kappa shape index (κ2) is 8.42. The second-order valence-electron chi connectivity index (χ2n) is 7.33. The molecule has 1 aromatic heterocycles. The van der Waals surface area contributed by atoms with Crippen LogP contribution in [-0.4, -0.2) is 40.0 Å². The summed E-state index contributed by atoms with van der Waals surface area (Å²) in [7, 11) is 0. The fraction of sp³-hybridized carbons (Fsp3) is 0.238. The molecule has 2 atom stereocenters. The van der Waals surface area contributed by atoms with E-state index in [0.717, 1.165) is 18.2 Å². The van der Waals surface area contributed by atoms with Crippen molar-refractivity contribution in [3.05, 3.63) is 65.4 Å². The molecule has 162 valence electrons. The van der Waals surface area contributed by atoms with Crippen molar-refractivity contribution in [1.82, 2.24) is 10.3 Å². The van der Waals surface area contributed by atoms with Crippen LogP contribution in [0, 0.1) is 17.6 Å². The predicted octanol–water partition coefficient (Wildman–Crippen LogP) is 3.10. The molecule has 0 aliphatic carbocycles. The number of amides is 1. The highest BCUT2D eigenvalue weighted by Crippen LogP contribution is 2.30. The van der Waals surface area contributed by atoms with E-state index in [0.29, 0.717) is 35.1 Å². The average Bonchev–Trinajstić information content (AvgIpc) is 3.31. The number of nitrogens with zero attached hydrogens (tertiary/aromatic N) is 1. The molecule has 3 aromatic rings. The number of aromatic amines is 1. The molecule has 0 saturated carbocycles. The molecular formula is C21H19F2N3O5. The first-order valence-corrected chi connectivity index (χ1v) is 9.52. The van der Waals surface area contributed by atoms with Crippen molar-refractivity contribution >= 4 is 28.5 Å². The molecule has 1 saturated heterocycles. The lowest BCUT2D eigenvalue weighted by molar-refractivity contribution is -0.295. The number of aromatic nitrogens is 1. The van der Waals surface area contributed by atoms with E-state index in [1.807, 2.05) is 0 Å². The maximum absolute atomic E-state index is 13.3. The Morgan fingerprint density at radius 3 is 2.65 bits per heavy atom. The smallest absolute Gasteiger partial charge is 0.352 e. The third-order valence-electron chi connectivity index (χ3n) is 5.30. The third-order valence-corrected chi connectivity index (χ3v) is 5.30. The number of nitrogens with one attached hydrogen (secondary N) is 2. The van der Waals surface area contributed by atoms with Crippen molar-refractivity contribution in [1.29, 1.82) is 0 Å². The van der Waals surface area contributed by atoms with E-state index in [-0.39, 0.29) is 18.1 Å². The van der Waals surface area contributed by atoms with Crippen LogP contribution < -0.4 is 10.2 Å². The molecule has 0 bridgehead atoms. The molecule has 0 radical (unpaired) electrons. The first-order valence-electron chi connectivity index (χ1n) is 9.52. The van der Waals surface area contributed by atoms with Crippen molar-refractivity contribution in [2.24, 2.45) is 5.92 Å². The second-order valence-corrected chi connectivity index (χ2v) is 7.33. The molecule has 2 aromatic carbocycles. The van der Waals surface area contributed by atoms with E-state index in [4.69, 9.17) is 5.11 Å². The van der Waals surface area contributed by atoms with Gasteiger partial charge in [-0.1, -0.05) is 0 Å². The van der Waals surface area contributed by atoms with E-state index < -0.39 is 29.7 Å². The molecule has 31 heavy (non-hydrogen) atoms. The van der Waals surface area contributed by atoms with E-state index in [9.17, 15) is 23.6 Å². The summed E-state index contributed by atoms with van der Waals surface area (Å²) in [5, 5.41) is 21.9. The zero-order valence-electron chi connectivity index (χ0n) is 16.1. The van der Waals surface area contributed by atoms with Gasteiger partial charge in [-0.05, 0) is 48.4 Å². The number of aromatic carboxylic acids is 1. The number of carbonyl (C=O) groups is 2. The molecule has 1 aliphatic heterocycles. The Morgan fingerprint density at radius 1 is 1.23 bits per heavy atom. The topological polar surface area (TPSA) is 115 Å². The van der Waals surface area contributed by atoms with Crippen LogP contribution in [0.1, 0.15) is 22.5 Å². The minimum absolute atomic E-state index is 0.0169. The molecule has 4 rings (SSSR count). The van der Waals surface area contributed by atoms with Gasteiger partial charge in [0.25, 0.3) is 0 Å². The predicted molar refractivity (Wildman–Crippen MR) is 106 cm³/mol. The van der Waals surface area contributed by atoms with Crippen LogP contribution in [0.5, 0.6) is 0 Å². The Morgan fingerprint density at radius 2 is 1.97 bits per heavy atom. The number of fused-ring (bicyclic) bond motifs is 1. The van der Waals surface area contributed by atoms with Gasteiger partial charge < -0.3 is 15.0 Å². The molecule has 0 unspecified atom stereocenters. The first kappa shape index (κ1) is 20.9. The average molecular weight is 431 g/mol. The van der Waals surface area contributed by atoms with E-state index in [1.165, 1.54) is 11.0 Å². The normalized spacial score (nSPS) is 17.5. The number of hydrogen-bond acceptors (Lipinski definition) is 5. The summed E-state index contributed by atoms with van der Waals surface area (Å²) in [4.78, 5) is 32.8. The van der Waals surface area contributed by atoms with E-state index >= 15 is 0 Å². The number of benzene rings is 2. The Hall–Kier alpha value is -3.34. The highest BCUT2D eigenvalue weighted by atomic mass is 19.1. The number of carbonyl (C=O) groups excluding carboxylic acids is 1. The quantitative estimate of drug-likeness (QED) is 0.260. The van der Waals surface area contributed by atoms with E-state index in [1.54, 1.807) is 18.2 Å². The number of hydrogen-bond donors (Lipinski definition) is 4. The summed E-state index contributed by atoms with van der Waals surface area (Å²) in [5.41, 5.74) is 1.56. The largest absolute Gasteiger partial charge is 0.477 e. The van der Waals surface area contributed by atoms with Gasteiger partial charge in [-0.2, -0.15) is 0 Å². The maximum atomic E-state index is 13.3. The van der Waals surface area contributed by atoms with Gasteiger partial charge in [-0.25, -0.2) is 18.5 Å². The van der Waals surface area contributed by atoms with Crippen molar-refractivity contribution in [3.63, 3.8) is 0 Å². The molecule has 2 heterocycles. The summed E-state index contributed by atoms with van der Waals surface area (Å²) in [6.07, 6.45) is -0.696. The monoisotopic (exact) mass is 431 g/mol. The van der Waals surface area contributed by atoms with Crippen LogP contribution in [0.3, 0.4) is 0 Å². The standard InChI is InChI=1S/C21H19F2N3O5/c22-13-5-11(6-14(23)9-13)10-24-19(31-30)16-3-4-26(20(16)27)15-1-2-17-12(7-15)8-18(25-17)21(28)29/h1-2,5-9,16,19,24-25,30H,3-4,10H2,(H,28,29)/t16-,19-/m1/s1. The molecule has 1 amide bonds.